The zero-order chi connectivity index (χ0) is 14.2. The SMILES string of the molecule is CCCCc1ccc(Nc2cncc(NCC)n2)cc1. The summed E-state index contributed by atoms with van der Waals surface area (Å²) in [6, 6.07) is 8.51. The van der Waals surface area contributed by atoms with Gasteiger partial charge in [-0.25, -0.2) is 4.98 Å². The molecule has 2 N–H and O–H groups in total. The van der Waals surface area contributed by atoms with E-state index in [0.717, 1.165) is 30.3 Å². The molecular formula is C16H22N4. The average Bonchev–Trinajstić information content (AvgIpc) is 2.47. The van der Waals surface area contributed by atoms with Gasteiger partial charge in [-0.3, -0.25) is 4.98 Å². The smallest absolute Gasteiger partial charge is 0.151 e. The van der Waals surface area contributed by atoms with E-state index in [1.165, 1.54) is 18.4 Å². The van der Waals surface area contributed by atoms with Crippen LogP contribution in [0.2, 0.25) is 0 Å². The highest BCUT2D eigenvalue weighted by Gasteiger charge is 1.99. The molecule has 0 bridgehead atoms. The van der Waals surface area contributed by atoms with Crippen LogP contribution in [0.3, 0.4) is 0 Å². The van der Waals surface area contributed by atoms with E-state index in [0.29, 0.717) is 0 Å². The Hall–Kier alpha value is -2.10. The van der Waals surface area contributed by atoms with Gasteiger partial charge in [-0.1, -0.05) is 25.5 Å². The van der Waals surface area contributed by atoms with Crippen LogP contribution in [0.1, 0.15) is 32.3 Å². The number of unbranched alkanes of at least 4 members (excludes halogenated alkanes) is 1. The van der Waals surface area contributed by atoms with Gasteiger partial charge >= 0.3 is 0 Å². The Kier molecular flexibility index (Phi) is 5.35. The van der Waals surface area contributed by atoms with Crippen molar-refractivity contribution >= 4 is 17.3 Å². The topological polar surface area (TPSA) is 49.8 Å². The summed E-state index contributed by atoms with van der Waals surface area (Å²) >= 11 is 0. The van der Waals surface area contributed by atoms with Gasteiger partial charge in [0.2, 0.25) is 0 Å². The first-order chi connectivity index (χ1) is 9.81. The second kappa shape index (κ2) is 7.48. The maximum atomic E-state index is 4.45. The van der Waals surface area contributed by atoms with Crippen molar-refractivity contribution in [1.29, 1.82) is 0 Å². The van der Waals surface area contributed by atoms with Gasteiger partial charge in [-0.05, 0) is 37.5 Å². The summed E-state index contributed by atoms with van der Waals surface area (Å²) in [7, 11) is 0. The van der Waals surface area contributed by atoms with Gasteiger partial charge in [0, 0.05) is 12.2 Å². The number of aromatic nitrogens is 2. The van der Waals surface area contributed by atoms with E-state index in [1.807, 2.05) is 6.92 Å². The van der Waals surface area contributed by atoms with Crippen molar-refractivity contribution in [3.8, 4) is 0 Å². The molecule has 0 atom stereocenters. The van der Waals surface area contributed by atoms with Crippen molar-refractivity contribution in [1.82, 2.24) is 9.97 Å². The number of nitrogens with zero attached hydrogens (tertiary/aromatic N) is 2. The molecule has 0 amide bonds. The fraction of sp³-hybridized carbons (Fsp3) is 0.375. The molecule has 0 aliphatic rings. The van der Waals surface area contributed by atoms with Gasteiger partial charge in [-0.15, -0.1) is 0 Å². The van der Waals surface area contributed by atoms with Crippen LogP contribution >= 0.6 is 0 Å². The number of rotatable bonds is 7. The van der Waals surface area contributed by atoms with Crippen LogP contribution in [0, 0.1) is 0 Å². The zero-order valence-corrected chi connectivity index (χ0v) is 12.2. The third kappa shape index (κ3) is 4.23. The average molecular weight is 270 g/mol. The molecule has 20 heavy (non-hydrogen) atoms. The van der Waals surface area contributed by atoms with E-state index in [2.05, 4.69) is 51.8 Å². The van der Waals surface area contributed by atoms with Crippen LogP contribution in [-0.2, 0) is 6.42 Å². The van der Waals surface area contributed by atoms with E-state index in [4.69, 9.17) is 0 Å². The van der Waals surface area contributed by atoms with Gasteiger partial charge in [0.05, 0.1) is 12.4 Å². The summed E-state index contributed by atoms with van der Waals surface area (Å²) in [5.74, 6) is 1.54. The Morgan fingerprint density at radius 3 is 2.45 bits per heavy atom. The van der Waals surface area contributed by atoms with E-state index in [9.17, 15) is 0 Å². The van der Waals surface area contributed by atoms with Crippen LogP contribution in [-0.4, -0.2) is 16.5 Å². The van der Waals surface area contributed by atoms with Crippen molar-refractivity contribution < 1.29 is 0 Å². The van der Waals surface area contributed by atoms with Gasteiger partial charge in [0.1, 0.15) is 5.82 Å². The molecule has 0 saturated heterocycles. The minimum atomic E-state index is 0.754. The van der Waals surface area contributed by atoms with Crippen molar-refractivity contribution in [2.75, 3.05) is 17.2 Å². The van der Waals surface area contributed by atoms with Crippen molar-refractivity contribution in [2.24, 2.45) is 0 Å². The molecule has 1 aromatic carbocycles. The van der Waals surface area contributed by atoms with Crippen LogP contribution in [0.25, 0.3) is 0 Å². The molecule has 106 valence electrons. The Labute approximate surface area is 120 Å². The van der Waals surface area contributed by atoms with Crippen molar-refractivity contribution in [3.63, 3.8) is 0 Å². The lowest BCUT2D eigenvalue weighted by molar-refractivity contribution is 0.795. The van der Waals surface area contributed by atoms with E-state index in [-0.39, 0.29) is 0 Å². The Morgan fingerprint density at radius 1 is 1.00 bits per heavy atom. The molecule has 1 aromatic heterocycles. The Bertz CT molecular complexity index is 522. The maximum absolute atomic E-state index is 4.45. The minimum Gasteiger partial charge on any atom is -0.369 e. The van der Waals surface area contributed by atoms with Gasteiger partial charge in [-0.2, -0.15) is 0 Å². The highest BCUT2D eigenvalue weighted by molar-refractivity contribution is 5.57. The van der Waals surface area contributed by atoms with E-state index >= 15 is 0 Å². The monoisotopic (exact) mass is 270 g/mol. The van der Waals surface area contributed by atoms with Crippen molar-refractivity contribution in [2.45, 2.75) is 33.1 Å². The normalized spacial score (nSPS) is 10.3. The van der Waals surface area contributed by atoms with Crippen LogP contribution < -0.4 is 10.6 Å². The molecule has 2 rings (SSSR count). The molecular weight excluding hydrogens is 248 g/mol. The largest absolute Gasteiger partial charge is 0.369 e. The molecule has 0 spiro atoms. The molecule has 1 heterocycles. The fourth-order valence-electron chi connectivity index (χ4n) is 1.98. The van der Waals surface area contributed by atoms with Gasteiger partial charge in [0.15, 0.2) is 5.82 Å². The second-order valence-electron chi connectivity index (χ2n) is 4.75. The first-order valence-electron chi connectivity index (χ1n) is 7.23. The lowest BCUT2D eigenvalue weighted by Crippen LogP contribution is -2.02. The number of nitrogens with one attached hydrogen (secondary N) is 2. The molecule has 0 aliphatic heterocycles. The predicted molar refractivity (Wildman–Crippen MR) is 84.5 cm³/mol. The quantitative estimate of drug-likeness (QED) is 0.798. The highest BCUT2D eigenvalue weighted by atomic mass is 15.1. The molecule has 0 fully saturated rings. The number of aryl methyl sites for hydroxylation is 1. The van der Waals surface area contributed by atoms with Crippen LogP contribution in [0.15, 0.2) is 36.7 Å². The molecule has 4 nitrogen and oxygen atoms in total. The summed E-state index contributed by atoms with van der Waals surface area (Å²) in [5.41, 5.74) is 2.41. The first kappa shape index (κ1) is 14.3. The zero-order valence-electron chi connectivity index (χ0n) is 12.2. The molecule has 4 heteroatoms. The fourth-order valence-corrected chi connectivity index (χ4v) is 1.98. The summed E-state index contributed by atoms with van der Waals surface area (Å²) < 4.78 is 0. The Balaban J connectivity index is 2.00. The van der Waals surface area contributed by atoms with Crippen LogP contribution in [0.5, 0.6) is 0 Å². The minimum absolute atomic E-state index is 0.754. The summed E-state index contributed by atoms with van der Waals surface area (Å²) in [5, 5.41) is 6.42. The van der Waals surface area contributed by atoms with Crippen LogP contribution in [0.4, 0.5) is 17.3 Å². The molecule has 0 radical (unpaired) electrons. The van der Waals surface area contributed by atoms with Gasteiger partial charge in [0.25, 0.3) is 0 Å². The van der Waals surface area contributed by atoms with Gasteiger partial charge < -0.3 is 10.6 Å². The van der Waals surface area contributed by atoms with E-state index < -0.39 is 0 Å². The summed E-state index contributed by atoms with van der Waals surface area (Å²) in [6.07, 6.45) is 7.07. The molecule has 0 unspecified atom stereocenters. The highest BCUT2D eigenvalue weighted by Crippen LogP contribution is 2.16. The van der Waals surface area contributed by atoms with Crippen molar-refractivity contribution in [3.05, 3.63) is 42.2 Å². The molecule has 2 aromatic rings. The summed E-state index contributed by atoms with van der Waals surface area (Å²) in [4.78, 5) is 8.62. The molecule has 0 saturated carbocycles. The number of hydrogen-bond acceptors (Lipinski definition) is 4. The number of anilines is 3. The third-order valence-electron chi connectivity index (χ3n) is 3.04. The predicted octanol–water partition coefficient (Wildman–Crippen LogP) is 3.99. The number of hydrogen-bond donors (Lipinski definition) is 2. The number of benzene rings is 1. The summed E-state index contributed by atoms with van der Waals surface area (Å²) in [6.45, 7) is 5.09. The molecule has 0 aliphatic carbocycles. The third-order valence-corrected chi connectivity index (χ3v) is 3.04. The van der Waals surface area contributed by atoms with E-state index in [1.54, 1.807) is 12.4 Å². The maximum Gasteiger partial charge on any atom is 0.151 e. The standard InChI is InChI=1S/C16H22N4/c1-3-5-6-13-7-9-14(10-8-13)19-16-12-17-11-15(20-16)18-4-2/h7-12H,3-6H2,1-2H3,(H2,18,19,20). The lowest BCUT2D eigenvalue weighted by Gasteiger charge is -2.08. The lowest BCUT2D eigenvalue weighted by atomic mass is 10.1. The first-order valence-corrected chi connectivity index (χ1v) is 7.23. The Morgan fingerprint density at radius 2 is 1.75 bits per heavy atom. The second-order valence-corrected chi connectivity index (χ2v) is 4.75.